The van der Waals surface area contributed by atoms with E-state index in [4.69, 9.17) is 0 Å². The van der Waals surface area contributed by atoms with E-state index < -0.39 is 0 Å². The van der Waals surface area contributed by atoms with Crippen LogP contribution in [0.15, 0.2) is 0 Å². The molecule has 0 spiro atoms. The van der Waals surface area contributed by atoms with Crippen molar-refractivity contribution in [2.75, 3.05) is 13.6 Å². The first-order chi connectivity index (χ1) is 8.18. The van der Waals surface area contributed by atoms with Gasteiger partial charge in [0.15, 0.2) is 0 Å². The van der Waals surface area contributed by atoms with Crippen LogP contribution in [0.2, 0.25) is 0 Å². The Labute approximate surface area is 103 Å². The Balaban J connectivity index is 1.62. The van der Waals surface area contributed by atoms with Crippen LogP contribution in [0.25, 0.3) is 0 Å². The van der Waals surface area contributed by atoms with Crippen molar-refractivity contribution in [1.82, 2.24) is 10.2 Å². The zero-order chi connectivity index (χ0) is 12.3. The molecule has 17 heavy (non-hydrogen) atoms. The van der Waals surface area contributed by atoms with E-state index in [2.05, 4.69) is 5.32 Å². The maximum absolute atomic E-state index is 11.6. The van der Waals surface area contributed by atoms with Crippen LogP contribution in [0.3, 0.4) is 0 Å². The fraction of sp³-hybridized carbons (Fsp3) is 0.846. The van der Waals surface area contributed by atoms with Crippen LogP contribution in [0, 0.1) is 5.92 Å². The molecule has 0 aromatic carbocycles. The smallest absolute Gasteiger partial charge is 0.246 e. The van der Waals surface area contributed by atoms with Gasteiger partial charge in [0, 0.05) is 7.05 Å². The molecule has 1 atom stereocenters. The number of hydrogen-bond donors (Lipinski definition) is 1. The third-order valence-corrected chi connectivity index (χ3v) is 4.04. The van der Waals surface area contributed by atoms with Crippen LogP contribution in [-0.2, 0) is 9.59 Å². The number of nitrogens with one attached hydrogen (secondary N) is 1. The first kappa shape index (κ1) is 12.6. The van der Waals surface area contributed by atoms with Crippen molar-refractivity contribution < 1.29 is 9.59 Å². The predicted molar refractivity (Wildman–Crippen MR) is 65.4 cm³/mol. The van der Waals surface area contributed by atoms with Gasteiger partial charge in [-0.1, -0.05) is 25.7 Å². The Morgan fingerprint density at radius 3 is 2.59 bits per heavy atom. The lowest BCUT2D eigenvalue weighted by Gasteiger charge is -2.12. The van der Waals surface area contributed by atoms with E-state index in [-0.39, 0.29) is 17.9 Å². The largest absolute Gasteiger partial charge is 0.305 e. The zero-order valence-corrected chi connectivity index (χ0v) is 10.6. The average Bonchev–Trinajstić information content (AvgIpc) is 2.90. The van der Waals surface area contributed by atoms with Crippen LogP contribution < -0.4 is 5.32 Å². The first-order valence-corrected chi connectivity index (χ1v) is 6.72. The molecule has 1 saturated carbocycles. The monoisotopic (exact) mass is 238 g/mol. The Kier molecular flexibility index (Phi) is 4.15. The summed E-state index contributed by atoms with van der Waals surface area (Å²) in [4.78, 5) is 24.1. The minimum Gasteiger partial charge on any atom is -0.305 e. The molecule has 1 heterocycles. The van der Waals surface area contributed by atoms with E-state index >= 15 is 0 Å². The molecule has 2 fully saturated rings. The maximum atomic E-state index is 11.6. The molecule has 1 unspecified atom stereocenters. The van der Waals surface area contributed by atoms with E-state index in [0.717, 1.165) is 18.9 Å². The van der Waals surface area contributed by atoms with Gasteiger partial charge in [0.1, 0.15) is 0 Å². The highest BCUT2D eigenvalue weighted by molar-refractivity contribution is 6.05. The number of hydrogen-bond acceptors (Lipinski definition) is 3. The van der Waals surface area contributed by atoms with Gasteiger partial charge < -0.3 is 5.32 Å². The lowest BCUT2D eigenvalue weighted by atomic mass is 10.0. The van der Waals surface area contributed by atoms with Crippen molar-refractivity contribution in [3.8, 4) is 0 Å². The lowest BCUT2D eigenvalue weighted by molar-refractivity contribution is -0.137. The van der Waals surface area contributed by atoms with Gasteiger partial charge >= 0.3 is 0 Å². The minimum absolute atomic E-state index is 0.0664. The predicted octanol–water partition coefficient (Wildman–Crippen LogP) is 1.30. The fourth-order valence-corrected chi connectivity index (χ4v) is 2.88. The summed E-state index contributed by atoms with van der Waals surface area (Å²) in [5, 5.41) is 3.20. The highest BCUT2D eigenvalue weighted by Gasteiger charge is 2.35. The van der Waals surface area contributed by atoms with Gasteiger partial charge in [-0.2, -0.15) is 0 Å². The molecule has 96 valence electrons. The van der Waals surface area contributed by atoms with Crippen LogP contribution in [0.4, 0.5) is 0 Å². The molecule has 2 amide bonds. The topological polar surface area (TPSA) is 49.4 Å². The normalized spacial score (nSPS) is 26.2. The molecule has 1 saturated heterocycles. The molecule has 1 N–H and O–H groups in total. The van der Waals surface area contributed by atoms with E-state index in [1.54, 1.807) is 7.05 Å². The van der Waals surface area contributed by atoms with Gasteiger partial charge in [-0.3, -0.25) is 14.5 Å². The fourth-order valence-electron chi connectivity index (χ4n) is 2.88. The van der Waals surface area contributed by atoms with Crippen molar-refractivity contribution in [2.45, 2.75) is 51.0 Å². The molecule has 4 heteroatoms. The number of carbonyl (C=O) groups excluding carboxylic acids is 2. The van der Waals surface area contributed by atoms with Gasteiger partial charge in [-0.05, 0) is 25.3 Å². The SMILES string of the molecule is CN1C(=O)CC(NCCCC2CCCC2)C1=O. The van der Waals surface area contributed by atoms with Gasteiger partial charge in [0.25, 0.3) is 0 Å². The van der Waals surface area contributed by atoms with Crippen molar-refractivity contribution in [2.24, 2.45) is 5.92 Å². The Morgan fingerprint density at radius 2 is 2.00 bits per heavy atom. The second-order valence-electron chi connectivity index (χ2n) is 5.29. The number of likely N-dealkylation sites (N-methyl/N-ethyl adjacent to an activating group) is 1. The number of imide groups is 1. The van der Waals surface area contributed by atoms with Crippen LogP contribution in [0.1, 0.15) is 44.9 Å². The summed E-state index contributed by atoms with van der Waals surface area (Å²) in [5.41, 5.74) is 0. The molecule has 1 aliphatic heterocycles. The number of rotatable bonds is 5. The number of carbonyl (C=O) groups is 2. The summed E-state index contributed by atoms with van der Waals surface area (Å²) in [6.07, 6.45) is 8.24. The van der Waals surface area contributed by atoms with Crippen molar-refractivity contribution in [3.05, 3.63) is 0 Å². The van der Waals surface area contributed by atoms with Gasteiger partial charge in [0.2, 0.25) is 11.8 Å². The number of amides is 2. The third-order valence-electron chi connectivity index (χ3n) is 4.04. The summed E-state index contributed by atoms with van der Waals surface area (Å²) in [6, 6.07) is -0.268. The molecular formula is C13H22N2O2. The lowest BCUT2D eigenvalue weighted by Crippen LogP contribution is -2.37. The van der Waals surface area contributed by atoms with Crippen LogP contribution in [-0.4, -0.2) is 36.3 Å². The van der Waals surface area contributed by atoms with E-state index in [1.165, 1.54) is 37.0 Å². The minimum atomic E-state index is -0.268. The molecule has 0 radical (unpaired) electrons. The van der Waals surface area contributed by atoms with Crippen molar-refractivity contribution in [1.29, 1.82) is 0 Å². The average molecular weight is 238 g/mol. The summed E-state index contributed by atoms with van der Waals surface area (Å²) in [6.45, 7) is 0.855. The third kappa shape index (κ3) is 3.06. The van der Waals surface area contributed by atoms with Crippen molar-refractivity contribution >= 4 is 11.8 Å². The van der Waals surface area contributed by atoms with Crippen molar-refractivity contribution in [3.63, 3.8) is 0 Å². The van der Waals surface area contributed by atoms with E-state index in [0.29, 0.717) is 6.42 Å². The molecule has 2 aliphatic rings. The molecule has 0 bridgehead atoms. The second kappa shape index (κ2) is 5.63. The molecule has 0 aromatic rings. The quantitative estimate of drug-likeness (QED) is 0.580. The maximum Gasteiger partial charge on any atom is 0.246 e. The summed E-state index contributed by atoms with van der Waals surface area (Å²) in [7, 11) is 1.56. The second-order valence-corrected chi connectivity index (χ2v) is 5.29. The standard InChI is InChI=1S/C13H22N2O2/c1-15-12(16)9-11(13(15)17)14-8-4-7-10-5-2-3-6-10/h10-11,14H,2-9H2,1H3. The first-order valence-electron chi connectivity index (χ1n) is 6.72. The highest BCUT2D eigenvalue weighted by Crippen LogP contribution is 2.28. The van der Waals surface area contributed by atoms with Crippen LogP contribution >= 0.6 is 0 Å². The molecular weight excluding hydrogens is 216 g/mol. The molecule has 4 nitrogen and oxygen atoms in total. The molecule has 2 rings (SSSR count). The Morgan fingerprint density at radius 1 is 1.29 bits per heavy atom. The van der Waals surface area contributed by atoms with Gasteiger partial charge in [-0.15, -0.1) is 0 Å². The zero-order valence-electron chi connectivity index (χ0n) is 10.6. The Bertz CT molecular complexity index is 298. The van der Waals surface area contributed by atoms with Gasteiger partial charge in [0.05, 0.1) is 12.5 Å². The molecule has 1 aliphatic carbocycles. The van der Waals surface area contributed by atoms with Crippen LogP contribution in [0.5, 0.6) is 0 Å². The van der Waals surface area contributed by atoms with E-state index in [9.17, 15) is 9.59 Å². The number of nitrogens with zero attached hydrogens (tertiary/aromatic N) is 1. The summed E-state index contributed by atoms with van der Waals surface area (Å²) >= 11 is 0. The number of likely N-dealkylation sites (tertiary alicyclic amines) is 1. The van der Waals surface area contributed by atoms with E-state index in [1.807, 2.05) is 0 Å². The molecule has 0 aromatic heterocycles. The summed E-state index contributed by atoms with van der Waals surface area (Å²) in [5.74, 6) is 0.763. The van der Waals surface area contributed by atoms with Gasteiger partial charge in [-0.25, -0.2) is 0 Å². The summed E-state index contributed by atoms with van der Waals surface area (Å²) < 4.78 is 0. The highest BCUT2D eigenvalue weighted by atomic mass is 16.2. The Hall–Kier alpha value is -0.900.